The fourth-order valence-electron chi connectivity index (χ4n) is 5.24. The van der Waals surface area contributed by atoms with E-state index in [1.807, 2.05) is 29.8 Å². The Balaban J connectivity index is 1.36. The van der Waals surface area contributed by atoms with Crippen molar-refractivity contribution in [1.82, 2.24) is 19.2 Å². The third kappa shape index (κ3) is 3.20. The average molecular weight is 436 g/mol. The van der Waals surface area contributed by atoms with Crippen molar-refractivity contribution in [2.24, 2.45) is 0 Å². The summed E-state index contributed by atoms with van der Waals surface area (Å²) in [7, 11) is 0. The molecule has 2 bridgehead atoms. The molecule has 1 N–H and O–H groups in total. The molecule has 168 valence electrons. The fourth-order valence-corrected chi connectivity index (χ4v) is 5.24. The van der Waals surface area contributed by atoms with Crippen molar-refractivity contribution in [3.8, 4) is 5.75 Å². The summed E-state index contributed by atoms with van der Waals surface area (Å²) in [4.78, 5) is 18.2. The highest BCUT2D eigenvalue weighted by Gasteiger charge is 2.55. The molecule has 1 saturated heterocycles. The van der Waals surface area contributed by atoms with Gasteiger partial charge in [0.1, 0.15) is 11.4 Å². The summed E-state index contributed by atoms with van der Waals surface area (Å²) in [6, 6.07) is 3.71. The number of rotatable bonds is 6. The van der Waals surface area contributed by atoms with Gasteiger partial charge in [-0.3, -0.25) is 9.48 Å². The molecule has 8 heteroatoms. The van der Waals surface area contributed by atoms with Gasteiger partial charge in [-0.15, -0.1) is 0 Å². The number of fused-ring (bicyclic) bond motifs is 3. The van der Waals surface area contributed by atoms with Crippen molar-refractivity contribution in [2.75, 3.05) is 11.9 Å². The summed E-state index contributed by atoms with van der Waals surface area (Å²) < 4.78 is 16.0. The highest BCUT2D eigenvalue weighted by molar-refractivity contribution is 6.05. The van der Waals surface area contributed by atoms with E-state index in [0.29, 0.717) is 23.7 Å². The van der Waals surface area contributed by atoms with E-state index >= 15 is 0 Å². The lowest BCUT2D eigenvalue weighted by molar-refractivity contribution is -0.00627. The van der Waals surface area contributed by atoms with Crippen LogP contribution in [0, 0.1) is 0 Å². The number of carbonyl (C=O) groups is 1. The van der Waals surface area contributed by atoms with E-state index in [9.17, 15) is 4.79 Å². The minimum atomic E-state index is -0.228. The first-order valence-corrected chi connectivity index (χ1v) is 11.6. The highest BCUT2D eigenvalue weighted by Crippen LogP contribution is 2.53. The Morgan fingerprint density at radius 2 is 2.22 bits per heavy atom. The maximum Gasteiger partial charge on any atom is 0.262 e. The molecule has 2 atom stereocenters. The minimum absolute atomic E-state index is 0.0226. The number of nitrogens with one attached hydrogen (secondary N) is 1. The van der Waals surface area contributed by atoms with Gasteiger partial charge in [0.25, 0.3) is 5.91 Å². The predicted octanol–water partition coefficient (Wildman–Crippen LogP) is 3.94. The van der Waals surface area contributed by atoms with Gasteiger partial charge in [-0.05, 0) is 52.4 Å². The lowest BCUT2D eigenvalue weighted by Gasteiger charge is -2.27. The molecule has 3 fully saturated rings. The molecule has 2 unspecified atom stereocenters. The average Bonchev–Trinajstić information content (AvgIpc) is 3.51. The Kier molecular flexibility index (Phi) is 4.37. The van der Waals surface area contributed by atoms with Crippen molar-refractivity contribution in [3.63, 3.8) is 0 Å². The number of ether oxygens (including phenoxy) is 2. The van der Waals surface area contributed by atoms with Crippen LogP contribution in [0.25, 0.3) is 5.65 Å². The van der Waals surface area contributed by atoms with Crippen molar-refractivity contribution in [3.05, 3.63) is 42.0 Å². The summed E-state index contributed by atoms with van der Waals surface area (Å²) in [5.41, 5.74) is 2.30. The van der Waals surface area contributed by atoms with Gasteiger partial charge >= 0.3 is 0 Å². The van der Waals surface area contributed by atoms with E-state index in [0.717, 1.165) is 56.4 Å². The molecule has 4 heterocycles. The van der Waals surface area contributed by atoms with Gasteiger partial charge in [-0.1, -0.05) is 0 Å². The molecule has 2 saturated carbocycles. The summed E-state index contributed by atoms with van der Waals surface area (Å²) in [5, 5.41) is 7.29. The summed E-state index contributed by atoms with van der Waals surface area (Å²) >= 11 is 0. The number of amides is 1. The van der Waals surface area contributed by atoms with Crippen LogP contribution < -0.4 is 10.1 Å². The number of anilines is 1. The molecular weight excluding hydrogens is 406 g/mol. The van der Waals surface area contributed by atoms with Gasteiger partial charge in [0.15, 0.2) is 5.82 Å². The molecule has 6 rings (SSSR count). The van der Waals surface area contributed by atoms with Crippen LogP contribution in [0.15, 0.2) is 30.7 Å². The van der Waals surface area contributed by atoms with Crippen LogP contribution in [0.5, 0.6) is 5.75 Å². The predicted molar refractivity (Wildman–Crippen MR) is 119 cm³/mol. The van der Waals surface area contributed by atoms with Crippen LogP contribution in [-0.4, -0.2) is 43.4 Å². The standard InChI is InChI=1S/C24H29N5O3/c1-3-29-10-7-20(27-29)26-22(30)17-12-28-13-19(24-9-8-23(2,14-24)31-15-24)25-21(28)11-18(17)32-16-5-4-6-16/h7,10-13,16H,3-6,8-9,14-15H2,1-2H3,(H,26,27,30). The third-order valence-corrected chi connectivity index (χ3v) is 7.44. The van der Waals surface area contributed by atoms with E-state index in [2.05, 4.69) is 23.5 Å². The second-order valence-electron chi connectivity index (χ2n) is 9.82. The van der Waals surface area contributed by atoms with E-state index in [-0.39, 0.29) is 23.0 Å². The molecule has 1 aliphatic heterocycles. The first-order chi connectivity index (χ1) is 15.5. The zero-order valence-electron chi connectivity index (χ0n) is 18.6. The van der Waals surface area contributed by atoms with E-state index in [4.69, 9.17) is 14.5 Å². The van der Waals surface area contributed by atoms with Crippen LogP contribution in [0.1, 0.15) is 68.4 Å². The molecular formula is C24H29N5O3. The Hall–Kier alpha value is -2.87. The largest absolute Gasteiger partial charge is 0.489 e. The zero-order valence-corrected chi connectivity index (χ0v) is 18.6. The summed E-state index contributed by atoms with van der Waals surface area (Å²) in [5.74, 6) is 0.891. The van der Waals surface area contributed by atoms with Crippen LogP contribution in [-0.2, 0) is 16.7 Å². The van der Waals surface area contributed by atoms with Crippen LogP contribution in [0.4, 0.5) is 5.82 Å². The van der Waals surface area contributed by atoms with Crippen LogP contribution in [0.3, 0.4) is 0 Å². The SMILES string of the molecule is CCn1ccc(NC(=O)c2cn3cc(C45CCC(C)(C4)OC5)nc3cc2OC2CCC2)n1. The van der Waals surface area contributed by atoms with Crippen molar-refractivity contribution in [1.29, 1.82) is 0 Å². The van der Waals surface area contributed by atoms with Crippen molar-refractivity contribution in [2.45, 2.75) is 76.0 Å². The number of imidazole rings is 1. The molecule has 2 aliphatic carbocycles. The van der Waals surface area contributed by atoms with Gasteiger partial charge in [0.2, 0.25) is 0 Å². The van der Waals surface area contributed by atoms with Gasteiger partial charge in [0.05, 0.1) is 29.6 Å². The molecule has 3 aromatic rings. The smallest absolute Gasteiger partial charge is 0.262 e. The van der Waals surface area contributed by atoms with Crippen LogP contribution in [0.2, 0.25) is 0 Å². The van der Waals surface area contributed by atoms with Crippen LogP contribution >= 0.6 is 0 Å². The molecule has 0 aromatic carbocycles. The Morgan fingerprint density at radius 3 is 2.84 bits per heavy atom. The van der Waals surface area contributed by atoms with Crippen molar-refractivity contribution >= 4 is 17.4 Å². The summed E-state index contributed by atoms with van der Waals surface area (Å²) in [6.07, 6.45) is 12.3. The summed E-state index contributed by atoms with van der Waals surface area (Å²) in [6.45, 7) is 5.67. The van der Waals surface area contributed by atoms with Crippen molar-refractivity contribution < 1.29 is 14.3 Å². The Bertz CT molecular complexity index is 1180. The first kappa shape index (κ1) is 19.8. The molecule has 8 nitrogen and oxygen atoms in total. The Labute approximate surface area is 186 Å². The maximum absolute atomic E-state index is 13.2. The first-order valence-electron chi connectivity index (χ1n) is 11.6. The lowest BCUT2D eigenvalue weighted by atomic mass is 9.84. The maximum atomic E-state index is 13.2. The topological polar surface area (TPSA) is 82.7 Å². The molecule has 1 amide bonds. The van der Waals surface area contributed by atoms with E-state index < -0.39 is 0 Å². The number of hydrogen-bond donors (Lipinski definition) is 1. The quantitative estimate of drug-likeness (QED) is 0.634. The number of aryl methyl sites for hydroxylation is 1. The molecule has 3 aromatic heterocycles. The van der Waals surface area contributed by atoms with E-state index in [1.54, 1.807) is 10.7 Å². The third-order valence-electron chi connectivity index (χ3n) is 7.44. The van der Waals surface area contributed by atoms with Gasteiger partial charge in [0, 0.05) is 42.7 Å². The normalized spacial score (nSPS) is 27.1. The lowest BCUT2D eigenvalue weighted by Crippen LogP contribution is -2.26. The number of nitrogens with zero attached hydrogens (tertiary/aromatic N) is 4. The fraction of sp³-hybridized carbons (Fsp3) is 0.542. The number of carbonyl (C=O) groups excluding carboxylic acids is 1. The molecule has 32 heavy (non-hydrogen) atoms. The Morgan fingerprint density at radius 1 is 1.34 bits per heavy atom. The number of pyridine rings is 1. The monoisotopic (exact) mass is 435 g/mol. The number of hydrogen-bond acceptors (Lipinski definition) is 5. The molecule has 0 radical (unpaired) electrons. The second-order valence-corrected chi connectivity index (χ2v) is 9.82. The zero-order chi connectivity index (χ0) is 21.9. The minimum Gasteiger partial charge on any atom is -0.489 e. The molecule has 0 spiro atoms. The van der Waals surface area contributed by atoms with Gasteiger partial charge in [-0.2, -0.15) is 5.10 Å². The highest BCUT2D eigenvalue weighted by atomic mass is 16.5. The van der Waals surface area contributed by atoms with Gasteiger partial charge < -0.3 is 19.2 Å². The number of aromatic nitrogens is 4. The molecule has 3 aliphatic rings. The van der Waals surface area contributed by atoms with E-state index in [1.165, 1.54) is 0 Å². The second kappa shape index (κ2) is 7.07. The van der Waals surface area contributed by atoms with Gasteiger partial charge in [-0.25, -0.2) is 4.98 Å².